The molecule has 9 nitrogen and oxygen atoms in total. The van der Waals surface area contributed by atoms with E-state index < -0.39 is 51.6 Å². The summed E-state index contributed by atoms with van der Waals surface area (Å²) in [5, 5.41) is 39.8. The smallest absolute Gasteiger partial charge is 0.194 e. The fraction of sp³-hybridized carbons (Fsp3) is 0.276. The van der Waals surface area contributed by atoms with Crippen LogP contribution in [0.4, 0.5) is 17.6 Å². The number of thiophene rings is 4. The molecule has 5 heterocycles. The zero-order chi connectivity index (χ0) is 53.6. The van der Waals surface area contributed by atoms with E-state index in [1.807, 2.05) is 44.2 Å². The van der Waals surface area contributed by atoms with Crippen molar-refractivity contribution in [1.29, 1.82) is 21.0 Å². The van der Waals surface area contributed by atoms with E-state index >= 15 is 0 Å². The van der Waals surface area contributed by atoms with Gasteiger partial charge in [0.15, 0.2) is 34.8 Å². The van der Waals surface area contributed by atoms with Gasteiger partial charge in [0.1, 0.15) is 58.3 Å². The van der Waals surface area contributed by atoms with Crippen LogP contribution in [0, 0.1) is 80.4 Å². The van der Waals surface area contributed by atoms with Crippen LogP contribution in [0.15, 0.2) is 70.8 Å². The lowest BCUT2D eigenvalue weighted by molar-refractivity contribution is 0.103. The predicted molar refractivity (Wildman–Crippen MR) is 285 cm³/mol. The Morgan fingerprint density at radius 2 is 1.09 bits per heavy atom. The number of fused-ring (bicyclic) bond motifs is 5. The number of hydrogen-bond donors (Lipinski definition) is 0. The van der Waals surface area contributed by atoms with Gasteiger partial charge in [-0.2, -0.15) is 21.0 Å². The maximum Gasteiger partial charge on any atom is 0.194 e. The van der Waals surface area contributed by atoms with E-state index in [4.69, 9.17) is 14.2 Å². The van der Waals surface area contributed by atoms with E-state index in [1.165, 1.54) is 57.5 Å². The van der Waals surface area contributed by atoms with Crippen LogP contribution in [0.1, 0.15) is 121 Å². The van der Waals surface area contributed by atoms with Gasteiger partial charge >= 0.3 is 0 Å². The van der Waals surface area contributed by atoms with Gasteiger partial charge in [0.05, 0.1) is 37.6 Å². The summed E-state index contributed by atoms with van der Waals surface area (Å²) in [4.78, 5) is 33.8. The molecule has 17 heteroatoms. The number of carbonyl (C=O) groups is 2. The molecule has 378 valence electrons. The van der Waals surface area contributed by atoms with E-state index in [0.717, 1.165) is 91.2 Å². The van der Waals surface area contributed by atoms with Crippen LogP contribution in [0.25, 0.3) is 52.6 Å². The highest BCUT2D eigenvalue weighted by Crippen LogP contribution is 2.59. The molecule has 6 aromatic rings. The molecule has 2 aromatic carbocycles. The van der Waals surface area contributed by atoms with Crippen LogP contribution in [0.2, 0.25) is 0 Å². The summed E-state index contributed by atoms with van der Waals surface area (Å²) in [6, 6.07) is 18.1. The number of unbranched alkanes of at least 4 members (excludes halogenated alkanes) is 1. The van der Waals surface area contributed by atoms with E-state index in [0.29, 0.717) is 40.2 Å². The van der Waals surface area contributed by atoms with Crippen LogP contribution < -0.4 is 14.2 Å². The normalized spacial score (nSPS) is 15.8. The summed E-state index contributed by atoms with van der Waals surface area (Å²) in [6.45, 7) is 13.1. The minimum absolute atomic E-state index is 0.0402. The third kappa shape index (κ3) is 9.67. The standard InChI is InChI=1S/C58H44F4N4O5S4/c1-7-10-11-29(9-3)27-70-46-15-33(13-39-51(31(24-65)25-66)35-17-42(60)44(62)19-37(35)53(39)68)73-56(46)49-21-47-57(75-49)54-40(58(5,6)71-47)20-48(74-54)55-45(69-26-28(4)8-2)14-32(72-55)12-38-50(30(22-63)23-64)34-16-41(59)43(61)18-36(34)52(38)67/h12-21,28-29H,7-11,26-27H2,1-6H3/b38-12-,39-13-. The lowest BCUT2D eigenvalue weighted by Gasteiger charge is -2.31. The van der Waals surface area contributed by atoms with Crippen molar-refractivity contribution in [2.75, 3.05) is 13.2 Å². The van der Waals surface area contributed by atoms with E-state index in [9.17, 15) is 48.2 Å². The quantitative estimate of drug-likeness (QED) is 0.0554. The largest absolute Gasteiger partial charge is 0.492 e. The minimum atomic E-state index is -1.23. The summed E-state index contributed by atoms with van der Waals surface area (Å²) in [5.74, 6) is -4.08. The number of nitriles is 4. The maximum absolute atomic E-state index is 14.6. The van der Waals surface area contributed by atoms with Crippen molar-refractivity contribution in [2.45, 2.75) is 79.2 Å². The number of nitrogens with zero attached hydrogens (tertiary/aromatic N) is 4. The monoisotopic (exact) mass is 1080 g/mol. The third-order valence-electron chi connectivity index (χ3n) is 13.5. The second-order valence-corrected chi connectivity index (χ2v) is 23.1. The Hall–Kier alpha value is -7.38. The number of rotatable bonds is 15. The molecule has 4 aromatic heterocycles. The fourth-order valence-electron chi connectivity index (χ4n) is 9.17. The molecule has 0 amide bonds. The first-order valence-corrected chi connectivity index (χ1v) is 27.4. The molecular formula is C58H44F4N4O5S4. The minimum Gasteiger partial charge on any atom is -0.492 e. The maximum atomic E-state index is 14.6. The number of ether oxygens (including phenoxy) is 3. The number of allylic oxidation sites excluding steroid dienone is 6. The number of Topliss-reactive ketones (excluding diaryl/α,β-unsaturated/α-hetero) is 2. The summed E-state index contributed by atoms with van der Waals surface area (Å²) >= 11 is 5.65. The van der Waals surface area contributed by atoms with Gasteiger partial charge in [0, 0.05) is 59.7 Å². The van der Waals surface area contributed by atoms with Crippen molar-refractivity contribution in [3.8, 4) is 70.8 Å². The second kappa shape index (κ2) is 21.1. The van der Waals surface area contributed by atoms with Crippen LogP contribution in [-0.2, 0) is 5.60 Å². The average Bonchev–Trinajstić information content (AvgIpc) is 4.28. The van der Waals surface area contributed by atoms with Crippen molar-refractivity contribution in [3.63, 3.8) is 0 Å². The van der Waals surface area contributed by atoms with E-state index in [2.05, 4.69) is 33.8 Å². The number of benzene rings is 2. The highest BCUT2D eigenvalue weighted by molar-refractivity contribution is 7.29. The molecule has 2 aliphatic carbocycles. The van der Waals surface area contributed by atoms with Crippen LogP contribution >= 0.6 is 45.3 Å². The molecule has 0 spiro atoms. The van der Waals surface area contributed by atoms with Gasteiger partial charge in [-0.3, -0.25) is 9.59 Å². The summed E-state index contributed by atoms with van der Waals surface area (Å²) in [6.07, 6.45) is 7.82. The fourth-order valence-corrected chi connectivity index (χ4v) is 14.0. The average molecular weight is 1080 g/mol. The summed E-state index contributed by atoms with van der Waals surface area (Å²) in [5.41, 5.74) is -1.41. The summed E-state index contributed by atoms with van der Waals surface area (Å²) < 4.78 is 78.2. The first-order chi connectivity index (χ1) is 36.0. The molecule has 0 N–H and O–H groups in total. The highest BCUT2D eigenvalue weighted by Gasteiger charge is 2.39. The van der Waals surface area contributed by atoms with Gasteiger partial charge in [-0.15, -0.1) is 45.3 Å². The molecule has 0 fully saturated rings. The van der Waals surface area contributed by atoms with Gasteiger partial charge in [-0.05, 0) is 97.8 Å². The number of carbonyl (C=O) groups excluding carboxylic acids is 2. The van der Waals surface area contributed by atoms with Gasteiger partial charge in [-0.25, -0.2) is 17.6 Å². The van der Waals surface area contributed by atoms with Gasteiger partial charge in [0.2, 0.25) is 0 Å². The van der Waals surface area contributed by atoms with Gasteiger partial charge < -0.3 is 14.2 Å². The first-order valence-electron chi connectivity index (χ1n) is 24.1. The molecule has 0 bridgehead atoms. The van der Waals surface area contributed by atoms with Crippen molar-refractivity contribution in [3.05, 3.63) is 132 Å². The Balaban J connectivity index is 1.15. The van der Waals surface area contributed by atoms with Crippen molar-refractivity contribution in [1.82, 2.24) is 0 Å². The van der Waals surface area contributed by atoms with E-state index in [1.54, 1.807) is 12.1 Å². The molecule has 0 saturated carbocycles. The van der Waals surface area contributed by atoms with Crippen LogP contribution in [0.3, 0.4) is 0 Å². The first kappa shape index (κ1) is 52.5. The lowest BCUT2D eigenvalue weighted by Crippen LogP contribution is -2.27. The third-order valence-corrected chi connectivity index (χ3v) is 18.4. The zero-order valence-corrected chi connectivity index (χ0v) is 44.6. The highest BCUT2D eigenvalue weighted by atomic mass is 32.1. The number of ketones is 2. The molecule has 2 unspecified atom stereocenters. The molecule has 9 rings (SSSR count). The number of hydrogen-bond acceptors (Lipinski definition) is 13. The van der Waals surface area contributed by atoms with E-state index in [-0.39, 0.29) is 56.4 Å². The number of halogens is 4. The Morgan fingerprint density at radius 1 is 0.627 bits per heavy atom. The lowest BCUT2D eigenvalue weighted by atomic mass is 9.95. The molecule has 2 atom stereocenters. The molecular weight excluding hydrogens is 1040 g/mol. The molecule has 3 aliphatic rings. The molecule has 75 heavy (non-hydrogen) atoms. The van der Waals surface area contributed by atoms with Crippen molar-refractivity contribution < 1.29 is 41.4 Å². The SMILES string of the molecule is CCCCC(CC)COc1cc(/C=C2\C(=O)c3cc(F)c(F)cc3C2=C(C#N)C#N)sc1-c1cc2c(s1)-c1sc(-c3sc(/C=C4\C(=O)c5cc(F)c(F)cc5C4=C(C#N)C#N)cc3OCC(C)CC)cc1C(C)(C)O2. The van der Waals surface area contributed by atoms with Gasteiger partial charge in [0.25, 0.3) is 0 Å². The Bertz CT molecular complexity index is 3670. The van der Waals surface area contributed by atoms with Crippen molar-refractivity contribution in [2.24, 2.45) is 11.8 Å². The predicted octanol–water partition coefficient (Wildman–Crippen LogP) is 16.3. The van der Waals surface area contributed by atoms with Crippen LogP contribution in [-0.4, -0.2) is 24.8 Å². The van der Waals surface area contributed by atoms with Crippen molar-refractivity contribution >= 4 is 80.2 Å². The molecule has 0 saturated heterocycles. The molecule has 1 aliphatic heterocycles. The summed E-state index contributed by atoms with van der Waals surface area (Å²) in [7, 11) is 0. The second-order valence-electron chi connectivity index (χ2n) is 18.9. The van der Waals surface area contributed by atoms with Crippen LogP contribution in [0.5, 0.6) is 17.2 Å². The molecule has 0 radical (unpaired) electrons. The topological polar surface area (TPSA) is 157 Å². The zero-order valence-electron chi connectivity index (χ0n) is 41.4. The Labute approximate surface area is 446 Å². The Kier molecular flexibility index (Phi) is 14.8. The Morgan fingerprint density at radius 3 is 1.56 bits per heavy atom. The van der Waals surface area contributed by atoms with Gasteiger partial charge in [-0.1, -0.05) is 53.4 Å².